The zero-order valence-electron chi connectivity index (χ0n) is 13.6. The van der Waals surface area contributed by atoms with Crippen LogP contribution in [0.2, 0.25) is 0 Å². The fourth-order valence-electron chi connectivity index (χ4n) is 3.18. The van der Waals surface area contributed by atoms with Crippen LogP contribution in [0, 0.1) is 5.92 Å². The number of nitrogens with one attached hydrogen (secondary N) is 1. The molecular weight excluding hydrogens is 302 g/mol. The van der Waals surface area contributed by atoms with E-state index >= 15 is 0 Å². The van der Waals surface area contributed by atoms with Crippen molar-refractivity contribution >= 4 is 5.91 Å². The maximum absolute atomic E-state index is 12.5. The van der Waals surface area contributed by atoms with Gasteiger partial charge in [0, 0.05) is 11.6 Å². The summed E-state index contributed by atoms with van der Waals surface area (Å²) < 4.78 is 0. The third kappa shape index (κ3) is 4.02. The van der Waals surface area contributed by atoms with Crippen LogP contribution in [-0.4, -0.2) is 28.3 Å². The number of hydrogen-bond acceptors (Lipinski definition) is 3. The maximum Gasteiger partial charge on any atom is 0.251 e. The molecule has 3 rings (SSSR count). The normalized spacial score (nSPS) is 20.9. The van der Waals surface area contributed by atoms with Gasteiger partial charge < -0.3 is 15.5 Å². The third-order valence-corrected chi connectivity index (χ3v) is 4.73. The average Bonchev–Trinajstić information content (AvgIpc) is 2.59. The summed E-state index contributed by atoms with van der Waals surface area (Å²) in [6.45, 7) is -0.0293. The summed E-state index contributed by atoms with van der Waals surface area (Å²) in [6.07, 6.45) is 2.00. The van der Waals surface area contributed by atoms with Gasteiger partial charge in [-0.25, -0.2) is 0 Å². The molecule has 24 heavy (non-hydrogen) atoms. The number of aliphatic hydroxyl groups is 2. The minimum Gasteiger partial charge on any atom is -0.393 e. The number of amides is 1. The molecule has 1 aliphatic carbocycles. The number of hydrogen-bond donors (Lipinski definition) is 3. The molecule has 0 aromatic heterocycles. The standard InChI is InChI=1S/C20H23NO3/c22-13-15-6-8-16(9-7-15)20(24)21-19(17-11-18(23)12-17)10-14-4-2-1-3-5-14/h1-9,17-19,22-23H,10-13H2,(H,21,24). The van der Waals surface area contributed by atoms with Gasteiger partial charge >= 0.3 is 0 Å². The van der Waals surface area contributed by atoms with Gasteiger partial charge in [-0.15, -0.1) is 0 Å². The van der Waals surface area contributed by atoms with Gasteiger partial charge in [0.2, 0.25) is 0 Å². The highest BCUT2D eigenvalue weighted by atomic mass is 16.3. The van der Waals surface area contributed by atoms with E-state index in [1.54, 1.807) is 24.3 Å². The minimum atomic E-state index is -0.242. The van der Waals surface area contributed by atoms with Crippen molar-refractivity contribution in [3.8, 4) is 0 Å². The van der Waals surface area contributed by atoms with E-state index in [9.17, 15) is 9.90 Å². The molecule has 1 saturated carbocycles. The summed E-state index contributed by atoms with van der Waals surface area (Å²) in [5, 5.41) is 21.8. The van der Waals surface area contributed by atoms with E-state index < -0.39 is 0 Å². The van der Waals surface area contributed by atoms with Crippen molar-refractivity contribution < 1.29 is 15.0 Å². The number of rotatable bonds is 6. The van der Waals surface area contributed by atoms with Crippen molar-refractivity contribution in [1.29, 1.82) is 0 Å². The number of carbonyl (C=O) groups excluding carboxylic acids is 1. The second-order valence-corrected chi connectivity index (χ2v) is 6.51. The number of aliphatic hydroxyl groups excluding tert-OH is 2. The Morgan fingerprint density at radius 1 is 1.04 bits per heavy atom. The molecule has 0 bridgehead atoms. The van der Waals surface area contributed by atoms with Crippen molar-refractivity contribution in [2.75, 3.05) is 0 Å². The molecule has 4 heteroatoms. The second kappa shape index (κ2) is 7.60. The van der Waals surface area contributed by atoms with Crippen LogP contribution in [0.3, 0.4) is 0 Å². The first-order valence-electron chi connectivity index (χ1n) is 8.38. The van der Waals surface area contributed by atoms with Gasteiger partial charge in [0.25, 0.3) is 5.91 Å². The van der Waals surface area contributed by atoms with Crippen LogP contribution in [0.5, 0.6) is 0 Å². The highest BCUT2D eigenvalue weighted by molar-refractivity contribution is 5.94. The lowest BCUT2D eigenvalue weighted by atomic mass is 9.75. The molecule has 0 radical (unpaired) electrons. The zero-order valence-corrected chi connectivity index (χ0v) is 13.6. The molecule has 0 saturated heterocycles. The Bertz CT molecular complexity index is 663. The summed E-state index contributed by atoms with van der Waals surface area (Å²) in [6, 6.07) is 17.1. The highest BCUT2D eigenvalue weighted by Crippen LogP contribution is 2.32. The van der Waals surface area contributed by atoms with Gasteiger partial charge in [-0.2, -0.15) is 0 Å². The van der Waals surface area contributed by atoms with Gasteiger partial charge in [-0.1, -0.05) is 42.5 Å². The monoisotopic (exact) mass is 325 g/mol. The fraction of sp³-hybridized carbons (Fsp3) is 0.350. The molecule has 126 valence electrons. The Kier molecular flexibility index (Phi) is 5.28. The summed E-state index contributed by atoms with van der Waals surface area (Å²) >= 11 is 0. The molecule has 3 N–H and O–H groups in total. The van der Waals surface area contributed by atoms with Crippen molar-refractivity contribution in [3.63, 3.8) is 0 Å². The van der Waals surface area contributed by atoms with E-state index in [2.05, 4.69) is 17.4 Å². The van der Waals surface area contributed by atoms with Crippen LogP contribution < -0.4 is 5.32 Å². The topological polar surface area (TPSA) is 69.6 Å². The van der Waals surface area contributed by atoms with Gasteiger partial charge in [0.15, 0.2) is 0 Å². The van der Waals surface area contributed by atoms with E-state index in [0.717, 1.165) is 24.8 Å². The van der Waals surface area contributed by atoms with E-state index in [0.29, 0.717) is 11.5 Å². The molecular formula is C20H23NO3. The van der Waals surface area contributed by atoms with Gasteiger partial charge in [0.1, 0.15) is 0 Å². The Hall–Kier alpha value is -2.17. The molecule has 0 spiro atoms. The largest absolute Gasteiger partial charge is 0.393 e. The second-order valence-electron chi connectivity index (χ2n) is 6.51. The first kappa shape index (κ1) is 16.7. The smallest absolute Gasteiger partial charge is 0.251 e. The van der Waals surface area contributed by atoms with Crippen LogP contribution in [0.1, 0.15) is 34.3 Å². The lowest BCUT2D eigenvalue weighted by Crippen LogP contribution is -2.48. The minimum absolute atomic E-state index is 0.0146. The van der Waals surface area contributed by atoms with Crippen molar-refractivity contribution in [3.05, 3.63) is 71.3 Å². The number of carbonyl (C=O) groups is 1. The van der Waals surface area contributed by atoms with Crippen molar-refractivity contribution in [1.82, 2.24) is 5.32 Å². The Balaban J connectivity index is 1.69. The molecule has 1 unspecified atom stereocenters. The summed E-state index contributed by atoms with van der Waals surface area (Å²) in [7, 11) is 0. The summed E-state index contributed by atoms with van der Waals surface area (Å²) in [4.78, 5) is 12.5. The summed E-state index contributed by atoms with van der Waals surface area (Å²) in [5.41, 5.74) is 2.56. The van der Waals surface area contributed by atoms with Crippen LogP contribution in [0.4, 0.5) is 0 Å². The lowest BCUT2D eigenvalue weighted by molar-refractivity contribution is 0.0239. The van der Waals surface area contributed by atoms with Crippen LogP contribution >= 0.6 is 0 Å². The third-order valence-electron chi connectivity index (χ3n) is 4.73. The van der Waals surface area contributed by atoms with E-state index in [1.807, 2.05) is 18.2 Å². The molecule has 1 atom stereocenters. The molecule has 1 fully saturated rings. The van der Waals surface area contributed by atoms with E-state index in [4.69, 9.17) is 5.11 Å². The van der Waals surface area contributed by atoms with E-state index in [1.165, 1.54) is 5.56 Å². The Morgan fingerprint density at radius 2 is 1.71 bits per heavy atom. The molecule has 1 amide bonds. The average molecular weight is 325 g/mol. The van der Waals surface area contributed by atoms with Crippen LogP contribution in [0.15, 0.2) is 54.6 Å². The molecule has 4 nitrogen and oxygen atoms in total. The molecule has 0 heterocycles. The molecule has 0 aliphatic heterocycles. The Morgan fingerprint density at radius 3 is 2.29 bits per heavy atom. The van der Waals surface area contributed by atoms with Crippen molar-refractivity contribution in [2.45, 2.75) is 38.0 Å². The van der Waals surface area contributed by atoms with Gasteiger partial charge in [0.05, 0.1) is 12.7 Å². The Labute approximate surface area is 142 Å². The van der Waals surface area contributed by atoms with Crippen LogP contribution in [-0.2, 0) is 13.0 Å². The molecule has 2 aromatic carbocycles. The van der Waals surface area contributed by atoms with Gasteiger partial charge in [-0.3, -0.25) is 4.79 Å². The van der Waals surface area contributed by atoms with Gasteiger partial charge in [-0.05, 0) is 48.4 Å². The first-order chi connectivity index (χ1) is 11.7. The molecule has 1 aliphatic rings. The summed E-state index contributed by atoms with van der Waals surface area (Å²) in [5.74, 6) is 0.197. The SMILES string of the molecule is O=C(NC(Cc1ccccc1)C1CC(O)C1)c1ccc(CO)cc1. The molecule has 2 aromatic rings. The predicted molar refractivity (Wildman–Crippen MR) is 92.5 cm³/mol. The predicted octanol–water partition coefficient (Wildman–Crippen LogP) is 2.29. The maximum atomic E-state index is 12.5. The number of benzene rings is 2. The lowest BCUT2D eigenvalue weighted by Gasteiger charge is -2.38. The van der Waals surface area contributed by atoms with Crippen molar-refractivity contribution in [2.24, 2.45) is 5.92 Å². The van der Waals surface area contributed by atoms with E-state index in [-0.39, 0.29) is 24.7 Å². The quantitative estimate of drug-likeness (QED) is 0.763. The zero-order chi connectivity index (χ0) is 16.9. The highest BCUT2D eigenvalue weighted by Gasteiger charge is 2.34. The fourth-order valence-corrected chi connectivity index (χ4v) is 3.18. The first-order valence-corrected chi connectivity index (χ1v) is 8.38. The van der Waals surface area contributed by atoms with Crippen LogP contribution in [0.25, 0.3) is 0 Å².